The lowest BCUT2D eigenvalue weighted by Gasteiger charge is -2.20. The van der Waals surface area contributed by atoms with Crippen LogP contribution in [0.15, 0.2) is 109 Å². The summed E-state index contributed by atoms with van der Waals surface area (Å²) >= 11 is 0. The average Bonchev–Trinajstić information content (AvgIpc) is 3.18. The zero-order valence-electron chi connectivity index (χ0n) is 16.1. The van der Waals surface area contributed by atoms with E-state index in [0.29, 0.717) is 0 Å². The second kappa shape index (κ2) is 7.81. The normalized spacial score (nSPS) is 17.8. The average molecular weight is 374 g/mol. The Kier molecular flexibility index (Phi) is 4.72. The van der Waals surface area contributed by atoms with E-state index in [1.165, 1.54) is 27.8 Å². The number of fused-ring (bicyclic) bond motifs is 1. The van der Waals surface area contributed by atoms with Crippen LogP contribution < -0.4 is 4.74 Å². The SMILES string of the molecule is C(=C\c1ccc2c(c1)C(c1ccccc1)C(c1ccccc1)O2)/c1ccccc1. The Morgan fingerprint density at radius 3 is 1.83 bits per heavy atom. The molecule has 2 unspecified atom stereocenters. The lowest BCUT2D eigenvalue weighted by atomic mass is 9.84. The highest BCUT2D eigenvalue weighted by Gasteiger charge is 2.36. The number of hydrogen-bond donors (Lipinski definition) is 0. The summed E-state index contributed by atoms with van der Waals surface area (Å²) < 4.78 is 6.45. The van der Waals surface area contributed by atoms with Crippen molar-refractivity contribution in [2.45, 2.75) is 12.0 Å². The van der Waals surface area contributed by atoms with E-state index in [-0.39, 0.29) is 12.0 Å². The highest BCUT2D eigenvalue weighted by Crippen LogP contribution is 2.49. The second-order valence-corrected chi connectivity index (χ2v) is 7.38. The number of rotatable bonds is 4. The van der Waals surface area contributed by atoms with Crippen molar-refractivity contribution in [3.63, 3.8) is 0 Å². The molecule has 0 spiro atoms. The molecule has 0 bridgehead atoms. The quantitative estimate of drug-likeness (QED) is 0.345. The Bertz CT molecular complexity index is 1110. The third-order valence-electron chi connectivity index (χ3n) is 5.48. The Morgan fingerprint density at radius 2 is 1.14 bits per heavy atom. The van der Waals surface area contributed by atoms with Crippen molar-refractivity contribution < 1.29 is 4.74 Å². The summed E-state index contributed by atoms with van der Waals surface area (Å²) in [5.74, 6) is 1.16. The van der Waals surface area contributed by atoms with Crippen LogP contribution in [0.5, 0.6) is 5.75 Å². The molecule has 2 atom stereocenters. The van der Waals surface area contributed by atoms with Gasteiger partial charge in [-0.25, -0.2) is 0 Å². The van der Waals surface area contributed by atoms with Crippen LogP contribution in [0.25, 0.3) is 12.2 Å². The van der Waals surface area contributed by atoms with E-state index in [1.807, 2.05) is 6.07 Å². The maximum Gasteiger partial charge on any atom is 0.135 e. The van der Waals surface area contributed by atoms with Gasteiger partial charge in [0.2, 0.25) is 0 Å². The smallest absolute Gasteiger partial charge is 0.135 e. The zero-order valence-corrected chi connectivity index (χ0v) is 16.1. The molecule has 0 saturated heterocycles. The molecule has 5 rings (SSSR count). The van der Waals surface area contributed by atoms with Crippen LogP contribution in [0, 0.1) is 0 Å². The third kappa shape index (κ3) is 3.60. The van der Waals surface area contributed by atoms with Crippen molar-refractivity contribution in [2.24, 2.45) is 0 Å². The van der Waals surface area contributed by atoms with Crippen LogP contribution in [0.3, 0.4) is 0 Å². The predicted octanol–water partition coefficient (Wildman–Crippen LogP) is 7.12. The molecule has 0 radical (unpaired) electrons. The van der Waals surface area contributed by atoms with E-state index in [4.69, 9.17) is 4.74 Å². The summed E-state index contributed by atoms with van der Waals surface area (Å²) in [6, 6.07) is 38.1. The monoisotopic (exact) mass is 374 g/mol. The zero-order chi connectivity index (χ0) is 19.5. The van der Waals surface area contributed by atoms with Gasteiger partial charge in [-0.3, -0.25) is 0 Å². The highest BCUT2D eigenvalue weighted by atomic mass is 16.5. The molecule has 1 nitrogen and oxygen atoms in total. The minimum absolute atomic E-state index is 0.0121. The standard InChI is InChI=1S/C28H22O/c1-4-10-21(11-5-1)16-17-22-18-19-26-25(20-22)27(23-12-6-2-7-13-23)28(29-26)24-14-8-3-9-15-24/h1-20,27-28H/b17-16+. The molecule has 0 N–H and O–H groups in total. The van der Waals surface area contributed by atoms with Gasteiger partial charge >= 0.3 is 0 Å². The molecule has 0 aliphatic carbocycles. The number of hydrogen-bond acceptors (Lipinski definition) is 1. The molecule has 1 aliphatic heterocycles. The van der Waals surface area contributed by atoms with E-state index in [9.17, 15) is 0 Å². The molecule has 1 heteroatoms. The van der Waals surface area contributed by atoms with Crippen molar-refractivity contribution in [3.8, 4) is 5.75 Å². The summed E-state index contributed by atoms with van der Waals surface area (Å²) in [6.07, 6.45) is 4.32. The summed E-state index contributed by atoms with van der Waals surface area (Å²) in [6.45, 7) is 0. The fourth-order valence-electron chi connectivity index (χ4n) is 4.06. The molecule has 0 aromatic heterocycles. The third-order valence-corrected chi connectivity index (χ3v) is 5.48. The second-order valence-electron chi connectivity index (χ2n) is 7.38. The summed E-state index contributed by atoms with van der Waals surface area (Å²) in [5.41, 5.74) is 6.13. The minimum atomic E-state index is -0.0121. The van der Waals surface area contributed by atoms with Gasteiger partial charge in [-0.05, 0) is 34.4 Å². The van der Waals surface area contributed by atoms with Crippen LogP contribution in [0.1, 0.15) is 39.8 Å². The van der Waals surface area contributed by atoms with Gasteiger partial charge in [0.05, 0.1) is 5.92 Å². The first-order valence-electron chi connectivity index (χ1n) is 10.0. The van der Waals surface area contributed by atoms with Crippen LogP contribution >= 0.6 is 0 Å². The van der Waals surface area contributed by atoms with Gasteiger partial charge in [-0.15, -0.1) is 0 Å². The highest BCUT2D eigenvalue weighted by molar-refractivity contribution is 5.71. The van der Waals surface area contributed by atoms with Crippen LogP contribution in [0.2, 0.25) is 0 Å². The first kappa shape index (κ1) is 17.5. The van der Waals surface area contributed by atoms with Gasteiger partial charge in [0.1, 0.15) is 11.9 Å². The van der Waals surface area contributed by atoms with Crippen LogP contribution in [0.4, 0.5) is 0 Å². The Hall–Kier alpha value is -3.58. The Labute approximate surface area is 171 Å². The molecule has 0 saturated carbocycles. The maximum absolute atomic E-state index is 6.45. The molecule has 4 aromatic rings. The van der Waals surface area contributed by atoms with E-state index < -0.39 is 0 Å². The predicted molar refractivity (Wildman–Crippen MR) is 120 cm³/mol. The van der Waals surface area contributed by atoms with E-state index in [2.05, 4.69) is 115 Å². The maximum atomic E-state index is 6.45. The minimum Gasteiger partial charge on any atom is -0.484 e. The first-order chi connectivity index (χ1) is 14.4. The van der Waals surface area contributed by atoms with Crippen molar-refractivity contribution in [1.29, 1.82) is 0 Å². The number of benzene rings is 4. The van der Waals surface area contributed by atoms with Crippen molar-refractivity contribution in [2.75, 3.05) is 0 Å². The van der Waals surface area contributed by atoms with Crippen LogP contribution in [-0.2, 0) is 0 Å². The summed E-state index contributed by atoms with van der Waals surface area (Å²) in [7, 11) is 0. The van der Waals surface area contributed by atoms with Crippen LogP contribution in [-0.4, -0.2) is 0 Å². The molecular formula is C28H22O. The lowest BCUT2D eigenvalue weighted by molar-refractivity contribution is 0.222. The molecule has 29 heavy (non-hydrogen) atoms. The molecule has 1 aliphatic rings. The fourth-order valence-corrected chi connectivity index (χ4v) is 4.06. The Balaban J connectivity index is 1.55. The van der Waals surface area contributed by atoms with Gasteiger partial charge in [0.15, 0.2) is 0 Å². The first-order valence-corrected chi connectivity index (χ1v) is 10.0. The number of ether oxygens (including phenoxy) is 1. The van der Waals surface area contributed by atoms with Crippen molar-refractivity contribution >= 4 is 12.2 Å². The molecule has 1 heterocycles. The topological polar surface area (TPSA) is 9.23 Å². The van der Waals surface area contributed by atoms with E-state index >= 15 is 0 Å². The van der Waals surface area contributed by atoms with Gasteiger partial charge in [0.25, 0.3) is 0 Å². The van der Waals surface area contributed by atoms with E-state index in [0.717, 1.165) is 5.75 Å². The van der Waals surface area contributed by atoms with Crippen molar-refractivity contribution in [3.05, 3.63) is 137 Å². The molecule has 0 amide bonds. The summed E-state index contributed by atoms with van der Waals surface area (Å²) in [5, 5.41) is 0. The fraction of sp³-hybridized carbons (Fsp3) is 0.0714. The van der Waals surface area contributed by atoms with Gasteiger partial charge in [0, 0.05) is 5.56 Å². The lowest BCUT2D eigenvalue weighted by Crippen LogP contribution is -2.11. The van der Waals surface area contributed by atoms with E-state index in [1.54, 1.807) is 0 Å². The molecule has 140 valence electrons. The van der Waals surface area contributed by atoms with Crippen molar-refractivity contribution in [1.82, 2.24) is 0 Å². The molecule has 4 aromatic carbocycles. The summed E-state index contributed by atoms with van der Waals surface area (Å²) in [4.78, 5) is 0. The van der Waals surface area contributed by atoms with Gasteiger partial charge in [-0.1, -0.05) is 109 Å². The van der Waals surface area contributed by atoms with Gasteiger partial charge < -0.3 is 4.74 Å². The largest absolute Gasteiger partial charge is 0.484 e. The molecule has 0 fully saturated rings. The molecular weight excluding hydrogens is 352 g/mol. The Morgan fingerprint density at radius 1 is 0.552 bits per heavy atom. The van der Waals surface area contributed by atoms with Gasteiger partial charge in [-0.2, -0.15) is 0 Å².